The zero-order valence-electron chi connectivity index (χ0n) is 10.9. The molecule has 1 aromatic carbocycles. The average Bonchev–Trinajstić information content (AvgIpc) is 2.34. The van der Waals surface area contributed by atoms with Crippen molar-refractivity contribution < 1.29 is 12.8 Å². The van der Waals surface area contributed by atoms with E-state index in [1.807, 2.05) is 0 Å². The lowest BCUT2D eigenvalue weighted by Crippen LogP contribution is -2.36. The van der Waals surface area contributed by atoms with E-state index in [9.17, 15) is 12.8 Å². The Morgan fingerprint density at radius 1 is 1.26 bits per heavy atom. The maximum atomic E-state index is 13.8. The molecule has 1 aromatic rings. The van der Waals surface area contributed by atoms with E-state index >= 15 is 0 Å². The van der Waals surface area contributed by atoms with Crippen LogP contribution in [0.15, 0.2) is 17.0 Å². The highest BCUT2D eigenvalue weighted by Crippen LogP contribution is 2.24. The minimum absolute atomic E-state index is 0.0966. The van der Waals surface area contributed by atoms with Crippen LogP contribution in [0, 0.1) is 12.7 Å². The molecule has 0 aliphatic heterocycles. The van der Waals surface area contributed by atoms with Crippen LogP contribution in [-0.2, 0) is 10.0 Å². The number of sulfonamides is 1. The van der Waals surface area contributed by atoms with Crippen LogP contribution in [0.25, 0.3) is 0 Å². The standard InChI is InChI=1S/C13H19FN2O2S/c1-9-7-11(14)13(8-12(9)15)19(17,18)16-10-5-3-2-4-6-10/h7-8,10,16H,2-6,15H2,1H3. The van der Waals surface area contributed by atoms with Gasteiger partial charge in [-0.3, -0.25) is 0 Å². The minimum atomic E-state index is -3.83. The molecule has 4 nitrogen and oxygen atoms in total. The molecule has 0 bridgehead atoms. The van der Waals surface area contributed by atoms with Gasteiger partial charge >= 0.3 is 0 Å². The fourth-order valence-electron chi connectivity index (χ4n) is 2.38. The maximum absolute atomic E-state index is 13.8. The van der Waals surface area contributed by atoms with E-state index in [2.05, 4.69) is 4.72 Å². The molecule has 2 rings (SSSR count). The average molecular weight is 286 g/mol. The first-order valence-corrected chi connectivity index (χ1v) is 7.96. The Bertz CT molecular complexity index is 566. The van der Waals surface area contributed by atoms with Crippen molar-refractivity contribution in [2.24, 2.45) is 0 Å². The van der Waals surface area contributed by atoms with Crippen LogP contribution in [0.3, 0.4) is 0 Å². The summed E-state index contributed by atoms with van der Waals surface area (Å²) in [4.78, 5) is -0.360. The summed E-state index contributed by atoms with van der Waals surface area (Å²) in [5, 5.41) is 0. The molecule has 3 N–H and O–H groups in total. The molecule has 1 aliphatic carbocycles. The monoisotopic (exact) mass is 286 g/mol. The van der Waals surface area contributed by atoms with Crippen molar-refractivity contribution in [2.45, 2.75) is 50.0 Å². The fourth-order valence-corrected chi connectivity index (χ4v) is 3.78. The van der Waals surface area contributed by atoms with E-state index in [-0.39, 0.29) is 16.6 Å². The first-order chi connectivity index (χ1) is 8.90. The minimum Gasteiger partial charge on any atom is -0.398 e. The number of nitrogens with two attached hydrogens (primary N) is 1. The van der Waals surface area contributed by atoms with E-state index in [1.54, 1.807) is 6.92 Å². The zero-order valence-corrected chi connectivity index (χ0v) is 11.8. The molecule has 19 heavy (non-hydrogen) atoms. The van der Waals surface area contributed by atoms with Gasteiger partial charge in [0.25, 0.3) is 0 Å². The lowest BCUT2D eigenvalue weighted by Gasteiger charge is -2.22. The molecule has 6 heteroatoms. The summed E-state index contributed by atoms with van der Waals surface area (Å²) in [6, 6.07) is 2.25. The molecular formula is C13H19FN2O2S. The quantitative estimate of drug-likeness (QED) is 0.838. The van der Waals surface area contributed by atoms with Gasteiger partial charge in [0, 0.05) is 11.7 Å². The molecule has 0 aromatic heterocycles. The Hall–Kier alpha value is -1.14. The van der Waals surface area contributed by atoms with Crippen molar-refractivity contribution in [1.82, 2.24) is 4.72 Å². The van der Waals surface area contributed by atoms with Crippen LogP contribution < -0.4 is 10.5 Å². The number of benzene rings is 1. The summed E-state index contributed by atoms with van der Waals surface area (Å²) in [7, 11) is -3.83. The van der Waals surface area contributed by atoms with Gasteiger partial charge in [-0.05, 0) is 37.5 Å². The normalized spacial score (nSPS) is 17.6. The van der Waals surface area contributed by atoms with E-state index in [0.717, 1.165) is 38.2 Å². The number of aryl methyl sites for hydroxylation is 1. The Morgan fingerprint density at radius 3 is 2.53 bits per heavy atom. The number of anilines is 1. The second-order valence-corrected chi connectivity index (χ2v) is 6.78. The summed E-state index contributed by atoms with van der Waals surface area (Å²) >= 11 is 0. The summed E-state index contributed by atoms with van der Waals surface area (Å²) < 4.78 is 40.7. The Kier molecular flexibility index (Phi) is 4.10. The first-order valence-electron chi connectivity index (χ1n) is 6.48. The smallest absolute Gasteiger partial charge is 0.243 e. The van der Waals surface area contributed by atoms with Gasteiger partial charge in [-0.15, -0.1) is 0 Å². The number of nitrogen functional groups attached to an aromatic ring is 1. The molecule has 1 saturated carbocycles. The predicted molar refractivity (Wildman–Crippen MR) is 72.7 cm³/mol. The molecule has 0 atom stereocenters. The van der Waals surface area contributed by atoms with Gasteiger partial charge in [0.05, 0.1) is 0 Å². The molecule has 0 saturated heterocycles. The van der Waals surface area contributed by atoms with E-state index in [0.29, 0.717) is 5.56 Å². The van der Waals surface area contributed by atoms with Gasteiger partial charge in [0.15, 0.2) is 0 Å². The number of halogens is 1. The molecule has 0 radical (unpaired) electrons. The van der Waals surface area contributed by atoms with Gasteiger partial charge in [0.2, 0.25) is 10.0 Å². The molecular weight excluding hydrogens is 267 g/mol. The fraction of sp³-hybridized carbons (Fsp3) is 0.538. The lowest BCUT2D eigenvalue weighted by atomic mass is 9.96. The Labute approximate surface area is 113 Å². The molecule has 1 fully saturated rings. The molecule has 0 spiro atoms. The highest BCUT2D eigenvalue weighted by atomic mass is 32.2. The first kappa shape index (κ1) is 14.3. The molecule has 0 amide bonds. The third-order valence-electron chi connectivity index (χ3n) is 3.54. The second-order valence-electron chi connectivity index (χ2n) is 5.10. The van der Waals surface area contributed by atoms with Crippen molar-refractivity contribution in [3.05, 3.63) is 23.5 Å². The van der Waals surface area contributed by atoms with Crippen molar-refractivity contribution >= 4 is 15.7 Å². The zero-order chi connectivity index (χ0) is 14.0. The predicted octanol–water partition coefficient (Wildman–Crippen LogP) is 2.33. The summed E-state index contributed by atoms with van der Waals surface area (Å²) in [5.41, 5.74) is 6.48. The van der Waals surface area contributed by atoms with Crippen molar-refractivity contribution in [2.75, 3.05) is 5.73 Å². The molecule has 0 heterocycles. The summed E-state index contributed by atoms with van der Waals surface area (Å²) in [5.74, 6) is -0.755. The number of hydrogen-bond donors (Lipinski definition) is 2. The number of hydrogen-bond acceptors (Lipinski definition) is 3. The molecule has 106 valence electrons. The van der Waals surface area contributed by atoms with Crippen LogP contribution >= 0.6 is 0 Å². The topological polar surface area (TPSA) is 72.2 Å². The Balaban J connectivity index is 2.26. The largest absolute Gasteiger partial charge is 0.398 e. The van der Waals surface area contributed by atoms with E-state index < -0.39 is 15.8 Å². The van der Waals surface area contributed by atoms with Crippen molar-refractivity contribution in [3.63, 3.8) is 0 Å². The third-order valence-corrected chi connectivity index (χ3v) is 5.07. The van der Waals surface area contributed by atoms with Crippen LogP contribution in [0.1, 0.15) is 37.7 Å². The maximum Gasteiger partial charge on any atom is 0.243 e. The second kappa shape index (κ2) is 5.46. The van der Waals surface area contributed by atoms with E-state index in [4.69, 9.17) is 5.73 Å². The summed E-state index contributed by atoms with van der Waals surface area (Å²) in [6.07, 6.45) is 4.76. The van der Waals surface area contributed by atoms with Gasteiger partial charge in [-0.1, -0.05) is 19.3 Å². The van der Waals surface area contributed by atoms with Gasteiger partial charge < -0.3 is 5.73 Å². The van der Waals surface area contributed by atoms with Crippen molar-refractivity contribution in [1.29, 1.82) is 0 Å². The number of rotatable bonds is 3. The van der Waals surface area contributed by atoms with Crippen LogP contribution in [0.2, 0.25) is 0 Å². The highest BCUT2D eigenvalue weighted by Gasteiger charge is 2.25. The Morgan fingerprint density at radius 2 is 1.89 bits per heavy atom. The SMILES string of the molecule is Cc1cc(F)c(S(=O)(=O)NC2CCCCC2)cc1N. The highest BCUT2D eigenvalue weighted by molar-refractivity contribution is 7.89. The van der Waals surface area contributed by atoms with Crippen molar-refractivity contribution in [3.8, 4) is 0 Å². The van der Waals surface area contributed by atoms with Crippen LogP contribution in [-0.4, -0.2) is 14.5 Å². The van der Waals surface area contributed by atoms with Crippen LogP contribution in [0.5, 0.6) is 0 Å². The molecule has 1 aliphatic rings. The van der Waals surface area contributed by atoms with E-state index in [1.165, 1.54) is 6.07 Å². The third kappa shape index (κ3) is 3.25. The lowest BCUT2D eigenvalue weighted by molar-refractivity contribution is 0.411. The summed E-state index contributed by atoms with van der Waals surface area (Å²) in [6.45, 7) is 1.64. The van der Waals surface area contributed by atoms with Gasteiger partial charge in [0.1, 0.15) is 10.7 Å². The van der Waals surface area contributed by atoms with Crippen LogP contribution in [0.4, 0.5) is 10.1 Å². The van der Waals surface area contributed by atoms with Gasteiger partial charge in [-0.25, -0.2) is 17.5 Å². The number of nitrogens with one attached hydrogen (secondary N) is 1. The molecule has 0 unspecified atom stereocenters. The van der Waals surface area contributed by atoms with Gasteiger partial charge in [-0.2, -0.15) is 0 Å².